The van der Waals surface area contributed by atoms with E-state index in [1.54, 1.807) is 42.3 Å². The van der Waals surface area contributed by atoms with Gasteiger partial charge in [-0.2, -0.15) is 11.8 Å². The number of rotatable bonds is 5. The van der Waals surface area contributed by atoms with Gasteiger partial charge >= 0.3 is 6.03 Å². The summed E-state index contributed by atoms with van der Waals surface area (Å²) in [6.45, 7) is 4.72. The number of thioether (sulfide) groups is 1. The molecule has 1 atom stereocenters. The largest absolute Gasteiger partial charge is 0.336 e. The average Bonchev–Trinajstić information content (AvgIpc) is 2.37. The lowest BCUT2D eigenvalue weighted by molar-refractivity contribution is 0.251. The summed E-state index contributed by atoms with van der Waals surface area (Å²) in [6.07, 6.45) is 3.62. The van der Waals surface area contributed by atoms with Crippen molar-refractivity contribution >= 4 is 34.3 Å². The van der Waals surface area contributed by atoms with Crippen molar-refractivity contribution in [3.05, 3.63) is 24.3 Å². The van der Waals surface area contributed by atoms with Crippen LogP contribution in [-0.2, 0) is 10.8 Å². The molecule has 106 valence electrons. The third-order valence-electron chi connectivity index (χ3n) is 2.65. The number of amides is 2. The molecule has 6 heteroatoms. The van der Waals surface area contributed by atoms with E-state index in [1.807, 2.05) is 6.26 Å². The molecule has 0 saturated carbocycles. The molecule has 0 aliphatic rings. The Morgan fingerprint density at radius 2 is 2.11 bits per heavy atom. The molecule has 19 heavy (non-hydrogen) atoms. The first-order chi connectivity index (χ1) is 8.84. The fourth-order valence-corrected chi connectivity index (χ4v) is 2.07. The van der Waals surface area contributed by atoms with Crippen LogP contribution in [0.4, 0.5) is 10.5 Å². The summed E-state index contributed by atoms with van der Waals surface area (Å²) in [7, 11) is -1.05. The first-order valence-electron chi connectivity index (χ1n) is 5.87. The summed E-state index contributed by atoms with van der Waals surface area (Å²) in [6, 6.07) is 6.79. The van der Waals surface area contributed by atoms with Crippen LogP contribution in [0.25, 0.3) is 0 Å². The fourth-order valence-electron chi connectivity index (χ4n) is 1.29. The molecule has 0 heterocycles. The molecule has 1 aromatic rings. The molecular formula is C13H20N2O2S2. The van der Waals surface area contributed by atoms with Gasteiger partial charge in [0.2, 0.25) is 0 Å². The van der Waals surface area contributed by atoms with Gasteiger partial charge in [-0.05, 0) is 38.3 Å². The van der Waals surface area contributed by atoms with Gasteiger partial charge in [0.25, 0.3) is 0 Å². The van der Waals surface area contributed by atoms with E-state index in [-0.39, 0.29) is 10.8 Å². The van der Waals surface area contributed by atoms with E-state index in [9.17, 15) is 9.00 Å². The van der Waals surface area contributed by atoms with Crippen LogP contribution in [-0.4, -0.2) is 34.0 Å². The summed E-state index contributed by atoms with van der Waals surface area (Å²) >= 11 is 1.70. The smallest absolute Gasteiger partial charge is 0.319 e. The molecule has 0 aliphatic carbocycles. The van der Waals surface area contributed by atoms with E-state index in [0.29, 0.717) is 17.1 Å². The Labute approximate surface area is 121 Å². The van der Waals surface area contributed by atoms with Crippen molar-refractivity contribution in [2.75, 3.05) is 24.4 Å². The first-order valence-corrected chi connectivity index (χ1v) is 8.66. The second kappa shape index (κ2) is 6.96. The maximum atomic E-state index is 11.7. The van der Waals surface area contributed by atoms with E-state index in [2.05, 4.69) is 24.5 Å². The van der Waals surface area contributed by atoms with Crippen LogP contribution in [0.2, 0.25) is 0 Å². The van der Waals surface area contributed by atoms with Crippen molar-refractivity contribution in [3.63, 3.8) is 0 Å². The number of carbonyl (C=O) groups is 1. The Kier molecular flexibility index (Phi) is 5.87. The van der Waals surface area contributed by atoms with Crippen molar-refractivity contribution in [1.82, 2.24) is 5.32 Å². The second-order valence-corrected chi connectivity index (χ2v) is 7.65. The van der Waals surface area contributed by atoms with Gasteiger partial charge in [0.05, 0.1) is 0 Å². The van der Waals surface area contributed by atoms with Crippen LogP contribution < -0.4 is 10.6 Å². The minimum atomic E-state index is -1.05. The number of hydrogen-bond acceptors (Lipinski definition) is 3. The highest BCUT2D eigenvalue weighted by Crippen LogP contribution is 2.19. The SMILES string of the molecule is CSC(C)(C)CNC(=O)Nc1cccc([S@](C)=O)c1. The number of hydrogen-bond donors (Lipinski definition) is 2. The zero-order valence-corrected chi connectivity index (χ0v) is 13.3. The lowest BCUT2D eigenvalue weighted by Crippen LogP contribution is -2.38. The van der Waals surface area contributed by atoms with Crippen molar-refractivity contribution in [2.45, 2.75) is 23.5 Å². The van der Waals surface area contributed by atoms with E-state index >= 15 is 0 Å². The highest BCUT2D eigenvalue weighted by atomic mass is 32.2. The number of nitrogens with one attached hydrogen (secondary N) is 2. The summed E-state index contributed by atoms with van der Waals surface area (Å²) in [5, 5.41) is 5.56. The van der Waals surface area contributed by atoms with Crippen LogP contribution in [0.5, 0.6) is 0 Å². The van der Waals surface area contributed by atoms with Gasteiger partial charge in [0, 0.05) is 38.9 Å². The number of benzene rings is 1. The summed E-state index contributed by atoms with van der Waals surface area (Å²) in [5.41, 5.74) is 0.646. The van der Waals surface area contributed by atoms with Crippen LogP contribution in [0.15, 0.2) is 29.2 Å². The van der Waals surface area contributed by atoms with Crippen molar-refractivity contribution in [1.29, 1.82) is 0 Å². The molecular weight excluding hydrogens is 280 g/mol. The van der Waals surface area contributed by atoms with Crippen LogP contribution in [0, 0.1) is 0 Å². The molecule has 1 rings (SSSR count). The lowest BCUT2D eigenvalue weighted by atomic mass is 10.2. The van der Waals surface area contributed by atoms with E-state index in [4.69, 9.17) is 0 Å². The molecule has 2 amide bonds. The quantitative estimate of drug-likeness (QED) is 0.879. The molecule has 4 nitrogen and oxygen atoms in total. The Bertz CT molecular complexity index is 475. The van der Waals surface area contributed by atoms with Crippen molar-refractivity contribution in [3.8, 4) is 0 Å². The highest BCUT2D eigenvalue weighted by Gasteiger charge is 2.16. The molecule has 1 aromatic carbocycles. The third kappa shape index (κ3) is 5.65. The average molecular weight is 300 g/mol. The molecule has 0 fully saturated rings. The Hall–Kier alpha value is -1.01. The van der Waals surface area contributed by atoms with Crippen LogP contribution >= 0.6 is 11.8 Å². The molecule has 0 unspecified atom stereocenters. The van der Waals surface area contributed by atoms with Gasteiger partial charge in [-0.25, -0.2) is 4.79 Å². The van der Waals surface area contributed by atoms with Gasteiger partial charge in [-0.3, -0.25) is 4.21 Å². The standard InChI is InChI=1S/C13H20N2O2S2/c1-13(2,18-3)9-14-12(16)15-10-6-5-7-11(8-10)19(4)17/h5-8H,9H2,1-4H3,(H2,14,15,16)/t19-/m0/s1. The predicted molar refractivity (Wildman–Crippen MR) is 83.4 cm³/mol. The zero-order chi connectivity index (χ0) is 14.5. The van der Waals surface area contributed by atoms with Gasteiger partial charge in [-0.15, -0.1) is 0 Å². The first kappa shape index (κ1) is 16.0. The minimum absolute atomic E-state index is 0.00407. The zero-order valence-electron chi connectivity index (χ0n) is 11.6. The molecule has 0 saturated heterocycles. The summed E-state index contributed by atoms with van der Waals surface area (Å²) in [5.74, 6) is 0. The Morgan fingerprint density at radius 1 is 1.42 bits per heavy atom. The Balaban J connectivity index is 2.58. The molecule has 0 aliphatic heterocycles. The van der Waals surface area contributed by atoms with E-state index < -0.39 is 10.8 Å². The number of carbonyl (C=O) groups excluding carboxylic acids is 1. The molecule has 2 N–H and O–H groups in total. The second-order valence-electron chi connectivity index (χ2n) is 4.75. The molecule has 0 aromatic heterocycles. The lowest BCUT2D eigenvalue weighted by Gasteiger charge is -2.22. The highest BCUT2D eigenvalue weighted by molar-refractivity contribution is 7.99. The maximum Gasteiger partial charge on any atom is 0.319 e. The van der Waals surface area contributed by atoms with Crippen LogP contribution in [0.3, 0.4) is 0 Å². The summed E-state index contributed by atoms with van der Waals surface area (Å²) < 4.78 is 11.4. The van der Waals surface area contributed by atoms with Crippen molar-refractivity contribution < 1.29 is 9.00 Å². The fraction of sp³-hybridized carbons (Fsp3) is 0.462. The summed E-state index contributed by atoms with van der Waals surface area (Å²) in [4.78, 5) is 12.4. The maximum absolute atomic E-state index is 11.7. The third-order valence-corrected chi connectivity index (χ3v) is 4.82. The minimum Gasteiger partial charge on any atom is -0.336 e. The van der Waals surface area contributed by atoms with Crippen LogP contribution in [0.1, 0.15) is 13.8 Å². The van der Waals surface area contributed by atoms with Gasteiger partial charge in [-0.1, -0.05) is 6.07 Å². The molecule has 0 spiro atoms. The van der Waals surface area contributed by atoms with E-state index in [0.717, 1.165) is 0 Å². The number of anilines is 1. The Morgan fingerprint density at radius 3 is 2.68 bits per heavy atom. The van der Waals surface area contributed by atoms with Gasteiger partial charge < -0.3 is 10.6 Å². The number of urea groups is 1. The monoisotopic (exact) mass is 300 g/mol. The van der Waals surface area contributed by atoms with Gasteiger partial charge in [0.1, 0.15) is 0 Å². The van der Waals surface area contributed by atoms with Crippen molar-refractivity contribution in [2.24, 2.45) is 0 Å². The predicted octanol–water partition coefficient (Wildman–Crippen LogP) is 2.69. The van der Waals surface area contributed by atoms with E-state index in [1.165, 1.54) is 0 Å². The van der Waals surface area contributed by atoms with Gasteiger partial charge in [0.15, 0.2) is 0 Å². The normalized spacial score (nSPS) is 12.8. The topological polar surface area (TPSA) is 58.2 Å². The molecule has 0 bridgehead atoms. The molecule has 0 radical (unpaired) electrons.